The number of halogens is 1. The fourth-order valence-corrected chi connectivity index (χ4v) is 5.19. The summed E-state index contributed by atoms with van der Waals surface area (Å²) >= 11 is 5.38. The molecule has 5 rings (SSSR count). The highest BCUT2D eigenvalue weighted by Crippen LogP contribution is 2.25. The number of aromatic nitrogens is 3. The lowest BCUT2D eigenvalue weighted by Gasteiger charge is -2.34. The first kappa shape index (κ1) is 33.9. The van der Waals surface area contributed by atoms with Gasteiger partial charge in [-0.3, -0.25) is 24.4 Å². The normalized spacial score (nSPS) is 13.7. The van der Waals surface area contributed by atoms with E-state index in [1.165, 1.54) is 0 Å². The zero-order valence-electron chi connectivity index (χ0n) is 26.4. The van der Waals surface area contributed by atoms with Gasteiger partial charge in [0.2, 0.25) is 11.9 Å². The number of rotatable bonds is 15. The fourth-order valence-electron chi connectivity index (χ4n) is 5.11. The Balaban J connectivity index is 1.07. The molecule has 2 aromatic heterocycles. The van der Waals surface area contributed by atoms with Gasteiger partial charge >= 0.3 is 0 Å². The highest BCUT2D eigenvalue weighted by Gasteiger charge is 2.19. The molecule has 0 atom stereocenters. The largest absolute Gasteiger partial charge is 0.378 e. The van der Waals surface area contributed by atoms with Crippen LogP contribution in [0.2, 0.25) is 0 Å². The molecule has 0 unspecified atom stereocenters. The molecule has 2 aromatic carbocycles. The fraction of sp³-hybridized carbons (Fsp3) is 0.324. The number of ether oxygens (including phenoxy) is 1. The van der Waals surface area contributed by atoms with Gasteiger partial charge in [-0.15, -0.1) is 0 Å². The first-order valence-electron chi connectivity index (χ1n) is 15.6. The molecule has 2 amide bonds. The van der Waals surface area contributed by atoms with E-state index in [1.807, 2.05) is 67.6 Å². The highest BCUT2D eigenvalue weighted by atomic mass is 35.5. The van der Waals surface area contributed by atoms with E-state index in [4.69, 9.17) is 16.5 Å². The van der Waals surface area contributed by atoms with E-state index in [1.54, 1.807) is 18.6 Å². The smallest absolute Gasteiger partial charge is 0.255 e. The number of amides is 2. The molecule has 1 aliphatic rings. The Morgan fingerprint density at radius 1 is 0.936 bits per heavy atom. The molecule has 1 saturated heterocycles. The summed E-state index contributed by atoms with van der Waals surface area (Å²) in [4.78, 5) is 45.5. The molecule has 0 saturated carbocycles. The molecule has 4 aromatic rings. The number of pyridine rings is 1. The van der Waals surface area contributed by atoms with Crippen molar-refractivity contribution in [2.24, 2.45) is 0 Å². The minimum absolute atomic E-state index is 0.00473. The van der Waals surface area contributed by atoms with Crippen molar-refractivity contribution in [2.45, 2.75) is 13.5 Å². The van der Waals surface area contributed by atoms with Crippen LogP contribution in [0.4, 0.5) is 17.3 Å². The quantitative estimate of drug-likeness (QED) is 0.110. The molecule has 0 spiro atoms. The number of carbonyl (C=O) groups is 2. The van der Waals surface area contributed by atoms with Gasteiger partial charge in [0.1, 0.15) is 0 Å². The monoisotopic (exact) mass is 657 g/mol. The second-order valence-corrected chi connectivity index (χ2v) is 11.5. The maximum Gasteiger partial charge on any atom is 0.255 e. The second kappa shape index (κ2) is 17.5. The third-order valence-corrected chi connectivity index (χ3v) is 7.91. The summed E-state index contributed by atoms with van der Waals surface area (Å²) in [7, 11) is 0. The number of aryl methyl sites for hydroxylation is 1. The van der Waals surface area contributed by atoms with Crippen LogP contribution >= 0.6 is 11.8 Å². The van der Waals surface area contributed by atoms with E-state index in [-0.39, 0.29) is 11.8 Å². The average molecular weight is 658 g/mol. The molecule has 1 fully saturated rings. The lowest BCUT2D eigenvalue weighted by atomic mass is 10.1. The summed E-state index contributed by atoms with van der Waals surface area (Å²) in [5, 5.41) is 9.18. The van der Waals surface area contributed by atoms with Gasteiger partial charge < -0.3 is 20.7 Å². The molecule has 1 aliphatic heterocycles. The summed E-state index contributed by atoms with van der Waals surface area (Å²) < 4.78 is 5.36. The summed E-state index contributed by atoms with van der Waals surface area (Å²) in [6.45, 7) is 8.54. The van der Waals surface area contributed by atoms with Crippen molar-refractivity contribution in [3.05, 3.63) is 95.9 Å². The molecular formula is C34H40ClN9O3. The Morgan fingerprint density at radius 3 is 2.49 bits per heavy atom. The molecule has 0 aliphatic carbocycles. The number of piperazine rings is 1. The molecule has 0 bridgehead atoms. The molecule has 12 nitrogen and oxygen atoms in total. The number of anilines is 3. The first-order chi connectivity index (χ1) is 23.0. The molecule has 13 heteroatoms. The average Bonchev–Trinajstić information content (AvgIpc) is 3.09. The second-order valence-electron chi connectivity index (χ2n) is 11.2. The van der Waals surface area contributed by atoms with Gasteiger partial charge in [-0.25, -0.2) is 14.8 Å². The first-order valence-corrected chi connectivity index (χ1v) is 16.0. The molecule has 4 N–H and O–H groups in total. The SMILES string of the molecule is Cc1ccc(NC(=O)c2ccc(CN3CCN(CC(=O)NCCOCCNCl)CC3)cc2)cc1Nc1nccc(-c2cccnc2)n1. The number of carbonyl (C=O) groups excluding carboxylic acids is 2. The predicted octanol–water partition coefficient (Wildman–Crippen LogP) is 3.84. The van der Waals surface area contributed by atoms with Gasteiger partial charge in [-0.05, 0) is 72.3 Å². The maximum atomic E-state index is 13.1. The molecule has 246 valence electrons. The van der Waals surface area contributed by atoms with Crippen molar-refractivity contribution in [1.82, 2.24) is 34.9 Å². The number of benzene rings is 2. The van der Waals surface area contributed by atoms with Crippen LogP contribution in [0.5, 0.6) is 0 Å². The molecule has 47 heavy (non-hydrogen) atoms. The minimum atomic E-state index is -0.188. The van der Waals surface area contributed by atoms with E-state index < -0.39 is 0 Å². The van der Waals surface area contributed by atoms with Crippen LogP contribution in [-0.4, -0.2) is 95.6 Å². The van der Waals surface area contributed by atoms with Gasteiger partial charge in [0.05, 0.1) is 25.5 Å². The van der Waals surface area contributed by atoms with Crippen LogP contribution in [0.3, 0.4) is 0 Å². The Bertz CT molecular complexity index is 1600. The van der Waals surface area contributed by atoms with Gasteiger partial charge in [0.15, 0.2) is 0 Å². The van der Waals surface area contributed by atoms with Crippen LogP contribution in [0.25, 0.3) is 11.3 Å². The standard InChI is InChI=1S/C34H40ClN9O3/c1-25-4-9-29(21-31(25)42-34-38-12-10-30(41-34)28-3-2-11-36-22-28)40-33(46)27-7-5-26(6-8-27)23-43-15-17-44(18-16-43)24-32(45)37-13-19-47-20-14-39-35/h2-12,21-22,39H,13-20,23-24H2,1H3,(H,37,45)(H,40,46)(H,38,41,42). The van der Waals surface area contributed by atoms with Crippen LogP contribution < -0.4 is 20.8 Å². The summed E-state index contributed by atoms with van der Waals surface area (Å²) in [5.74, 6) is 0.270. The Hall–Kier alpha value is -4.46. The van der Waals surface area contributed by atoms with Crippen molar-refractivity contribution < 1.29 is 14.3 Å². The van der Waals surface area contributed by atoms with Crippen molar-refractivity contribution in [1.29, 1.82) is 0 Å². The van der Waals surface area contributed by atoms with E-state index >= 15 is 0 Å². The van der Waals surface area contributed by atoms with Gasteiger partial charge in [0.25, 0.3) is 5.91 Å². The lowest BCUT2D eigenvalue weighted by Crippen LogP contribution is -2.49. The van der Waals surface area contributed by atoms with Gasteiger partial charge in [0, 0.05) is 86.9 Å². The number of nitrogens with one attached hydrogen (secondary N) is 4. The third-order valence-electron chi connectivity index (χ3n) is 7.72. The Morgan fingerprint density at radius 2 is 1.72 bits per heavy atom. The van der Waals surface area contributed by atoms with Crippen molar-refractivity contribution in [3.8, 4) is 11.3 Å². The predicted molar refractivity (Wildman–Crippen MR) is 184 cm³/mol. The minimum Gasteiger partial charge on any atom is -0.378 e. The van der Waals surface area contributed by atoms with E-state index in [0.717, 1.165) is 60.8 Å². The maximum absolute atomic E-state index is 13.1. The molecule has 0 radical (unpaired) electrons. The number of hydrogen-bond donors (Lipinski definition) is 4. The van der Waals surface area contributed by atoms with Crippen molar-refractivity contribution in [3.63, 3.8) is 0 Å². The lowest BCUT2D eigenvalue weighted by molar-refractivity contribution is -0.122. The summed E-state index contributed by atoms with van der Waals surface area (Å²) in [5.41, 5.74) is 5.82. The van der Waals surface area contributed by atoms with Crippen molar-refractivity contribution in [2.75, 3.05) is 69.7 Å². The zero-order valence-corrected chi connectivity index (χ0v) is 27.2. The van der Waals surface area contributed by atoms with Gasteiger partial charge in [-0.2, -0.15) is 0 Å². The highest BCUT2D eigenvalue weighted by molar-refractivity contribution is 6.13. The third kappa shape index (κ3) is 10.5. The van der Waals surface area contributed by atoms with E-state index in [9.17, 15) is 9.59 Å². The van der Waals surface area contributed by atoms with Crippen LogP contribution in [0.1, 0.15) is 21.5 Å². The summed E-state index contributed by atoms with van der Waals surface area (Å²) in [6.07, 6.45) is 5.18. The van der Waals surface area contributed by atoms with Gasteiger partial charge in [-0.1, -0.05) is 18.2 Å². The van der Waals surface area contributed by atoms with E-state index in [2.05, 4.69) is 45.5 Å². The van der Waals surface area contributed by atoms with Crippen LogP contribution in [0, 0.1) is 6.92 Å². The topological polar surface area (TPSA) is 137 Å². The Labute approximate surface area is 280 Å². The number of nitrogens with zero attached hydrogens (tertiary/aromatic N) is 5. The van der Waals surface area contributed by atoms with Crippen molar-refractivity contribution >= 4 is 40.9 Å². The van der Waals surface area contributed by atoms with Crippen LogP contribution in [0.15, 0.2) is 79.3 Å². The zero-order chi connectivity index (χ0) is 32.8. The van der Waals surface area contributed by atoms with E-state index in [0.29, 0.717) is 50.0 Å². The summed E-state index contributed by atoms with van der Waals surface area (Å²) in [6, 6.07) is 19.0. The Kier molecular flexibility index (Phi) is 12.6. The molecular weight excluding hydrogens is 618 g/mol. The molecule has 3 heterocycles. The number of hydrogen-bond acceptors (Lipinski definition) is 10. The van der Waals surface area contributed by atoms with Crippen LogP contribution in [-0.2, 0) is 16.1 Å².